The van der Waals surface area contributed by atoms with Gasteiger partial charge in [-0.1, -0.05) is 48.9 Å². The van der Waals surface area contributed by atoms with E-state index in [2.05, 4.69) is 13.0 Å². The van der Waals surface area contributed by atoms with Crippen LogP contribution in [0.2, 0.25) is 0 Å². The smallest absolute Gasteiger partial charge is 0.183 e. The van der Waals surface area contributed by atoms with Crippen LogP contribution in [0.25, 0.3) is 0 Å². The van der Waals surface area contributed by atoms with Gasteiger partial charge in [0.05, 0.1) is 22.1 Å². The molecule has 0 bridgehead atoms. The lowest BCUT2D eigenvalue weighted by Gasteiger charge is -2.05. The third kappa shape index (κ3) is 2.77. The minimum absolute atomic E-state index is 0.225. The minimum atomic E-state index is -3.48. The molecule has 0 radical (unpaired) electrons. The molecule has 2 aromatic rings. The molecule has 1 aliphatic rings. The highest BCUT2D eigenvalue weighted by Gasteiger charge is 2.59. The van der Waals surface area contributed by atoms with Gasteiger partial charge in [0.15, 0.2) is 9.84 Å². The molecular weight excluding hydrogens is 306 g/mol. The molecule has 0 spiro atoms. The number of rotatable bonds is 4. The van der Waals surface area contributed by atoms with Gasteiger partial charge in [-0.15, -0.1) is 0 Å². The van der Waals surface area contributed by atoms with E-state index in [-0.39, 0.29) is 5.92 Å². The topological polar surface area (TPSA) is 57.9 Å². The van der Waals surface area contributed by atoms with Crippen molar-refractivity contribution in [3.05, 3.63) is 65.2 Å². The molecule has 2 aromatic carbocycles. The van der Waals surface area contributed by atoms with Crippen molar-refractivity contribution in [1.29, 1.82) is 5.26 Å². The Morgan fingerprint density at radius 2 is 1.65 bits per heavy atom. The number of nitriles is 1. The second-order valence-electron chi connectivity index (χ2n) is 6.10. The van der Waals surface area contributed by atoms with Crippen LogP contribution in [0.5, 0.6) is 0 Å². The Bertz CT molecular complexity index is 846. The van der Waals surface area contributed by atoms with Crippen molar-refractivity contribution in [1.82, 2.24) is 0 Å². The summed E-state index contributed by atoms with van der Waals surface area (Å²) in [6.07, 6.45) is 0.942. The van der Waals surface area contributed by atoms with Crippen LogP contribution in [0.1, 0.15) is 29.5 Å². The van der Waals surface area contributed by atoms with Crippen LogP contribution in [0.4, 0.5) is 0 Å². The van der Waals surface area contributed by atoms with Gasteiger partial charge in [0.25, 0.3) is 0 Å². The Balaban J connectivity index is 1.92. The van der Waals surface area contributed by atoms with Gasteiger partial charge < -0.3 is 0 Å². The van der Waals surface area contributed by atoms with E-state index in [4.69, 9.17) is 0 Å². The van der Waals surface area contributed by atoms with E-state index < -0.39 is 21.0 Å². The second-order valence-corrected chi connectivity index (χ2v) is 8.20. The quantitative estimate of drug-likeness (QED) is 0.862. The lowest BCUT2D eigenvalue weighted by molar-refractivity contribution is 0.593. The first-order valence-electron chi connectivity index (χ1n) is 7.78. The Morgan fingerprint density at radius 3 is 2.17 bits per heavy atom. The lowest BCUT2D eigenvalue weighted by Crippen LogP contribution is -2.10. The average Bonchev–Trinajstić information content (AvgIpc) is 3.31. The number of benzene rings is 2. The van der Waals surface area contributed by atoms with Crippen LogP contribution in [-0.2, 0) is 16.3 Å². The normalized spacial score (nSPS) is 23.3. The number of nitrogens with zero attached hydrogens (tertiary/aromatic N) is 1. The SMILES string of the molecule is CCc1ccc([C@@H]2[C@H](C#N)[C@H]2S(=O)(=O)c2ccc(C)cc2)cc1. The maximum absolute atomic E-state index is 12.8. The molecule has 0 amide bonds. The van der Waals surface area contributed by atoms with Crippen molar-refractivity contribution in [2.24, 2.45) is 5.92 Å². The summed E-state index contributed by atoms with van der Waals surface area (Å²) in [6, 6.07) is 17.0. The molecular formula is C19H19NO2S. The van der Waals surface area contributed by atoms with Crippen LogP contribution in [0.15, 0.2) is 53.4 Å². The zero-order valence-electron chi connectivity index (χ0n) is 13.2. The van der Waals surface area contributed by atoms with Crippen LogP contribution in [0, 0.1) is 24.2 Å². The monoisotopic (exact) mass is 325 g/mol. The number of aryl methyl sites for hydroxylation is 2. The summed E-state index contributed by atoms with van der Waals surface area (Å²) in [5.74, 6) is -0.689. The van der Waals surface area contributed by atoms with E-state index in [0.29, 0.717) is 4.90 Å². The summed E-state index contributed by atoms with van der Waals surface area (Å²) in [5.41, 5.74) is 3.17. The number of sulfone groups is 1. The van der Waals surface area contributed by atoms with E-state index in [1.165, 1.54) is 5.56 Å². The summed E-state index contributed by atoms with van der Waals surface area (Å²) < 4.78 is 25.7. The molecule has 1 fully saturated rings. The van der Waals surface area contributed by atoms with Gasteiger partial charge in [-0.25, -0.2) is 8.42 Å². The van der Waals surface area contributed by atoms with Gasteiger partial charge in [0.2, 0.25) is 0 Å². The highest BCUT2D eigenvalue weighted by Crippen LogP contribution is 2.53. The molecule has 3 atom stereocenters. The highest BCUT2D eigenvalue weighted by atomic mass is 32.2. The van der Waals surface area contributed by atoms with Gasteiger partial charge in [0, 0.05) is 5.92 Å². The van der Waals surface area contributed by atoms with E-state index >= 15 is 0 Å². The summed E-state index contributed by atoms with van der Waals surface area (Å²) in [5, 5.41) is 8.71. The molecule has 0 saturated heterocycles. The van der Waals surface area contributed by atoms with Gasteiger partial charge in [-0.05, 0) is 36.6 Å². The molecule has 0 heterocycles. The highest BCUT2D eigenvalue weighted by molar-refractivity contribution is 7.92. The molecule has 1 aliphatic carbocycles. The molecule has 23 heavy (non-hydrogen) atoms. The molecule has 0 unspecified atom stereocenters. The largest absolute Gasteiger partial charge is 0.223 e. The van der Waals surface area contributed by atoms with Crippen molar-refractivity contribution in [2.75, 3.05) is 0 Å². The van der Waals surface area contributed by atoms with Gasteiger partial charge in [0.1, 0.15) is 0 Å². The zero-order valence-corrected chi connectivity index (χ0v) is 14.0. The van der Waals surface area contributed by atoms with E-state index in [9.17, 15) is 13.7 Å². The molecule has 1 saturated carbocycles. The predicted octanol–water partition coefficient (Wildman–Crippen LogP) is 3.64. The van der Waals surface area contributed by atoms with Crippen LogP contribution in [-0.4, -0.2) is 13.7 Å². The fourth-order valence-electron chi connectivity index (χ4n) is 3.08. The van der Waals surface area contributed by atoms with Gasteiger partial charge in [-0.2, -0.15) is 5.26 Å². The fraction of sp³-hybridized carbons (Fsp3) is 0.316. The lowest BCUT2D eigenvalue weighted by atomic mass is 10.1. The molecule has 0 aromatic heterocycles. The summed E-state index contributed by atoms with van der Waals surface area (Å²) in [4.78, 5) is 0.307. The molecule has 4 heteroatoms. The van der Waals surface area contributed by atoms with Crippen molar-refractivity contribution in [3.8, 4) is 6.07 Å². The molecule has 0 aliphatic heterocycles. The van der Waals surface area contributed by atoms with E-state index in [1.807, 2.05) is 31.2 Å². The first-order valence-corrected chi connectivity index (χ1v) is 9.32. The van der Waals surface area contributed by atoms with Crippen molar-refractivity contribution < 1.29 is 8.42 Å². The van der Waals surface area contributed by atoms with E-state index in [1.54, 1.807) is 24.3 Å². The fourth-order valence-corrected chi connectivity index (χ4v) is 5.15. The molecule has 118 valence electrons. The standard InChI is InChI=1S/C19H19NO2S/c1-3-14-6-8-15(9-7-14)18-17(12-20)19(18)23(21,22)16-10-4-13(2)5-11-16/h4-11,17-19H,3H2,1-2H3/t17-,18+,19+/m0/s1. The van der Waals surface area contributed by atoms with Gasteiger partial charge in [-0.3, -0.25) is 0 Å². The second kappa shape index (κ2) is 5.82. The van der Waals surface area contributed by atoms with Crippen LogP contribution >= 0.6 is 0 Å². The van der Waals surface area contributed by atoms with Crippen LogP contribution in [0.3, 0.4) is 0 Å². The maximum atomic E-state index is 12.8. The Kier molecular flexibility index (Phi) is 3.99. The minimum Gasteiger partial charge on any atom is -0.223 e. The Labute approximate surface area is 137 Å². The third-order valence-corrected chi connectivity index (χ3v) is 6.82. The van der Waals surface area contributed by atoms with Crippen molar-refractivity contribution >= 4 is 9.84 Å². The van der Waals surface area contributed by atoms with Crippen molar-refractivity contribution in [3.63, 3.8) is 0 Å². The predicted molar refractivity (Wildman–Crippen MR) is 89.8 cm³/mol. The van der Waals surface area contributed by atoms with Gasteiger partial charge >= 0.3 is 0 Å². The van der Waals surface area contributed by atoms with Crippen molar-refractivity contribution in [2.45, 2.75) is 36.3 Å². The Morgan fingerprint density at radius 1 is 1.04 bits per heavy atom. The average molecular weight is 325 g/mol. The zero-order chi connectivity index (χ0) is 16.6. The summed E-state index contributed by atoms with van der Waals surface area (Å²) >= 11 is 0. The molecule has 3 nitrogen and oxygen atoms in total. The first kappa shape index (κ1) is 15.8. The number of hydrogen-bond acceptors (Lipinski definition) is 3. The van der Waals surface area contributed by atoms with E-state index in [0.717, 1.165) is 17.5 Å². The van der Waals surface area contributed by atoms with Crippen LogP contribution < -0.4 is 0 Å². The molecule has 0 N–H and O–H groups in total. The maximum Gasteiger partial charge on any atom is 0.183 e. The number of hydrogen-bond donors (Lipinski definition) is 0. The third-order valence-electron chi connectivity index (χ3n) is 4.58. The molecule has 3 rings (SSSR count). The Hall–Kier alpha value is -2.12. The summed E-state index contributed by atoms with van der Waals surface area (Å²) in [6.45, 7) is 4.00. The summed E-state index contributed by atoms with van der Waals surface area (Å²) in [7, 11) is -3.48. The first-order chi connectivity index (χ1) is 11.0.